The van der Waals surface area contributed by atoms with E-state index in [4.69, 9.17) is 0 Å². The Morgan fingerprint density at radius 1 is 1.53 bits per heavy atom. The van der Waals surface area contributed by atoms with Crippen molar-refractivity contribution in [3.05, 3.63) is 17.5 Å². The number of hydrogen-bond donors (Lipinski definition) is 1. The van der Waals surface area contributed by atoms with Gasteiger partial charge in [-0.2, -0.15) is 5.10 Å². The summed E-state index contributed by atoms with van der Waals surface area (Å²) >= 11 is 0. The van der Waals surface area contributed by atoms with E-state index in [2.05, 4.69) is 23.0 Å². The van der Waals surface area contributed by atoms with Gasteiger partial charge in [0.25, 0.3) is 0 Å². The lowest BCUT2D eigenvalue weighted by molar-refractivity contribution is 0.0214. The zero-order valence-corrected chi connectivity index (χ0v) is 11.1. The van der Waals surface area contributed by atoms with Gasteiger partial charge in [0, 0.05) is 26.7 Å². The molecule has 0 aliphatic carbocycles. The molecule has 1 aliphatic heterocycles. The first kappa shape index (κ1) is 12.6. The fraction of sp³-hybridized carbons (Fsp3) is 0.769. The molecule has 0 radical (unpaired) electrons. The predicted octanol–water partition coefficient (Wildman–Crippen LogP) is 1.32. The van der Waals surface area contributed by atoms with Gasteiger partial charge in [0.2, 0.25) is 0 Å². The van der Waals surface area contributed by atoms with Crippen LogP contribution in [-0.4, -0.2) is 39.0 Å². The second-order valence-corrected chi connectivity index (χ2v) is 5.16. The molecule has 96 valence electrons. The summed E-state index contributed by atoms with van der Waals surface area (Å²) < 4.78 is 1.96. The first-order valence-electron chi connectivity index (χ1n) is 6.50. The molecule has 1 aromatic rings. The molecule has 0 aromatic carbocycles. The second kappa shape index (κ2) is 5.19. The molecule has 2 unspecified atom stereocenters. The maximum atomic E-state index is 9.87. The van der Waals surface area contributed by atoms with Crippen LogP contribution in [0.15, 0.2) is 6.07 Å². The number of aryl methyl sites for hydroxylation is 2. The second-order valence-electron chi connectivity index (χ2n) is 5.16. The lowest BCUT2D eigenvalue weighted by atomic mass is 9.92. The molecule has 0 bridgehead atoms. The minimum atomic E-state index is -0.107. The third kappa shape index (κ3) is 2.87. The Kier molecular flexibility index (Phi) is 3.84. The van der Waals surface area contributed by atoms with Gasteiger partial charge in [-0.3, -0.25) is 9.58 Å². The Hall–Kier alpha value is -0.870. The molecule has 1 aromatic heterocycles. The molecule has 1 N–H and O–H groups in total. The molecule has 2 atom stereocenters. The van der Waals surface area contributed by atoms with Crippen molar-refractivity contribution in [1.29, 1.82) is 0 Å². The van der Waals surface area contributed by atoms with Crippen molar-refractivity contribution < 1.29 is 5.11 Å². The quantitative estimate of drug-likeness (QED) is 0.862. The topological polar surface area (TPSA) is 41.3 Å². The smallest absolute Gasteiger partial charge is 0.0597 e. The normalized spacial score (nSPS) is 26.4. The number of aliphatic hydroxyl groups excluding tert-OH is 1. The van der Waals surface area contributed by atoms with Crippen LogP contribution in [0.5, 0.6) is 0 Å². The van der Waals surface area contributed by atoms with E-state index >= 15 is 0 Å². The molecule has 1 fully saturated rings. The molecule has 0 saturated carbocycles. The Morgan fingerprint density at radius 3 is 2.88 bits per heavy atom. The van der Waals surface area contributed by atoms with E-state index < -0.39 is 0 Å². The van der Waals surface area contributed by atoms with E-state index in [-0.39, 0.29) is 6.10 Å². The van der Waals surface area contributed by atoms with Crippen LogP contribution in [0.4, 0.5) is 0 Å². The van der Waals surface area contributed by atoms with E-state index in [1.807, 2.05) is 18.7 Å². The van der Waals surface area contributed by atoms with E-state index in [0.717, 1.165) is 38.2 Å². The molecule has 1 aliphatic rings. The summed E-state index contributed by atoms with van der Waals surface area (Å²) in [5.74, 6) is 0.429. The third-order valence-corrected chi connectivity index (χ3v) is 3.79. The maximum absolute atomic E-state index is 9.87. The minimum Gasteiger partial charge on any atom is -0.393 e. The summed E-state index contributed by atoms with van der Waals surface area (Å²) in [5.41, 5.74) is 2.33. The number of hydrogen-bond acceptors (Lipinski definition) is 3. The minimum absolute atomic E-state index is 0.107. The average molecular weight is 237 g/mol. The molecule has 2 rings (SSSR count). The number of likely N-dealkylation sites (tertiary alicyclic amines) is 1. The first-order valence-corrected chi connectivity index (χ1v) is 6.50. The Labute approximate surface area is 103 Å². The zero-order chi connectivity index (χ0) is 12.4. The van der Waals surface area contributed by atoms with Gasteiger partial charge < -0.3 is 5.11 Å². The summed E-state index contributed by atoms with van der Waals surface area (Å²) in [7, 11) is 2.00. The van der Waals surface area contributed by atoms with Crippen LogP contribution >= 0.6 is 0 Å². The molecule has 2 heterocycles. The molecule has 4 nitrogen and oxygen atoms in total. The monoisotopic (exact) mass is 237 g/mol. The van der Waals surface area contributed by atoms with Crippen LogP contribution in [0.25, 0.3) is 0 Å². The van der Waals surface area contributed by atoms with Gasteiger partial charge in [-0.25, -0.2) is 0 Å². The number of piperidine rings is 1. The third-order valence-electron chi connectivity index (χ3n) is 3.79. The van der Waals surface area contributed by atoms with Gasteiger partial charge in [-0.05, 0) is 31.7 Å². The fourth-order valence-electron chi connectivity index (χ4n) is 2.68. The van der Waals surface area contributed by atoms with Crippen LogP contribution in [-0.2, 0) is 13.6 Å². The summed E-state index contributed by atoms with van der Waals surface area (Å²) in [5, 5.41) is 14.2. The Morgan fingerprint density at radius 2 is 2.29 bits per heavy atom. The van der Waals surface area contributed by atoms with Crippen molar-refractivity contribution in [3.8, 4) is 0 Å². The number of aromatic nitrogens is 2. The molecule has 0 spiro atoms. The van der Waals surface area contributed by atoms with Crippen LogP contribution in [0.2, 0.25) is 0 Å². The standard InChI is InChI=1S/C13H23N3O/c1-4-11-8-16(6-5-13(11)17)9-12-7-10(2)14-15(12)3/h7,11,13,17H,4-6,8-9H2,1-3H3. The summed E-state index contributed by atoms with van der Waals surface area (Å²) in [6.07, 6.45) is 1.85. The average Bonchev–Trinajstić information content (AvgIpc) is 2.60. The highest BCUT2D eigenvalue weighted by atomic mass is 16.3. The lowest BCUT2D eigenvalue weighted by Gasteiger charge is -2.35. The summed E-state index contributed by atoms with van der Waals surface area (Å²) in [4.78, 5) is 2.43. The van der Waals surface area contributed by atoms with Crippen LogP contribution in [0.1, 0.15) is 31.2 Å². The highest BCUT2D eigenvalue weighted by Gasteiger charge is 2.26. The van der Waals surface area contributed by atoms with Crippen molar-refractivity contribution in [2.75, 3.05) is 13.1 Å². The molecule has 1 saturated heterocycles. The van der Waals surface area contributed by atoms with Gasteiger partial charge in [0.15, 0.2) is 0 Å². The van der Waals surface area contributed by atoms with Crippen molar-refractivity contribution in [2.24, 2.45) is 13.0 Å². The van der Waals surface area contributed by atoms with Gasteiger partial charge in [0.05, 0.1) is 17.5 Å². The Bertz CT molecular complexity index is 375. The van der Waals surface area contributed by atoms with E-state index in [0.29, 0.717) is 5.92 Å². The lowest BCUT2D eigenvalue weighted by Crippen LogP contribution is -2.42. The predicted molar refractivity (Wildman–Crippen MR) is 67.6 cm³/mol. The van der Waals surface area contributed by atoms with Crippen LogP contribution in [0.3, 0.4) is 0 Å². The summed E-state index contributed by atoms with van der Waals surface area (Å²) in [6.45, 7) is 7.12. The number of aliphatic hydroxyl groups is 1. The van der Waals surface area contributed by atoms with Crippen molar-refractivity contribution >= 4 is 0 Å². The molecule has 0 amide bonds. The number of nitrogens with zero attached hydrogens (tertiary/aromatic N) is 3. The zero-order valence-electron chi connectivity index (χ0n) is 11.1. The van der Waals surface area contributed by atoms with Crippen molar-refractivity contribution in [2.45, 2.75) is 39.3 Å². The molecular formula is C13H23N3O. The summed E-state index contributed by atoms with van der Waals surface area (Å²) in [6, 6.07) is 2.14. The van der Waals surface area contributed by atoms with E-state index in [1.165, 1.54) is 5.69 Å². The van der Waals surface area contributed by atoms with Crippen molar-refractivity contribution in [1.82, 2.24) is 14.7 Å². The Balaban J connectivity index is 1.98. The van der Waals surface area contributed by atoms with E-state index in [9.17, 15) is 5.11 Å². The van der Waals surface area contributed by atoms with Crippen molar-refractivity contribution in [3.63, 3.8) is 0 Å². The highest BCUT2D eigenvalue weighted by molar-refractivity contribution is 5.08. The first-order chi connectivity index (χ1) is 8.10. The van der Waals surface area contributed by atoms with Crippen LogP contribution in [0, 0.1) is 12.8 Å². The van der Waals surface area contributed by atoms with Crippen LogP contribution < -0.4 is 0 Å². The SMILES string of the molecule is CCC1CN(Cc2cc(C)nn2C)CCC1O. The molecular weight excluding hydrogens is 214 g/mol. The van der Waals surface area contributed by atoms with Gasteiger partial charge in [0.1, 0.15) is 0 Å². The largest absolute Gasteiger partial charge is 0.393 e. The fourth-order valence-corrected chi connectivity index (χ4v) is 2.68. The number of rotatable bonds is 3. The molecule has 4 heteroatoms. The van der Waals surface area contributed by atoms with E-state index in [1.54, 1.807) is 0 Å². The maximum Gasteiger partial charge on any atom is 0.0597 e. The van der Waals surface area contributed by atoms with Gasteiger partial charge in [-0.15, -0.1) is 0 Å². The molecule has 17 heavy (non-hydrogen) atoms. The highest BCUT2D eigenvalue weighted by Crippen LogP contribution is 2.21. The van der Waals surface area contributed by atoms with Gasteiger partial charge >= 0.3 is 0 Å². The van der Waals surface area contributed by atoms with Gasteiger partial charge in [-0.1, -0.05) is 6.92 Å².